The van der Waals surface area contributed by atoms with Gasteiger partial charge in [-0.25, -0.2) is 0 Å². The molecule has 0 saturated heterocycles. The molecule has 0 atom stereocenters. The maximum Gasteiger partial charge on any atom is 0.200 e. The molecule has 0 aliphatic rings. The summed E-state index contributed by atoms with van der Waals surface area (Å²) in [6.45, 7) is 17.1. The number of rotatable bonds is 5. The van der Waals surface area contributed by atoms with E-state index in [1.807, 2.05) is 13.8 Å². The Morgan fingerprint density at radius 1 is 0.733 bits per heavy atom. The van der Waals surface area contributed by atoms with Crippen molar-refractivity contribution in [3.63, 3.8) is 0 Å². The first-order valence-corrected chi connectivity index (χ1v) is 11.0. The monoisotopic (exact) mass is 406 g/mol. The molecule has 3 rings (SSSR count). The van der Waals surface area contributed by atoms with Gasteiger partial charge in [0.1, 0.15) is 17.6 Å². The van der Waals surface area contributed by atoms with Gasteiger partial charge in [0.2, 0.25) is 5.43 Å². The Morgan fingerprint density at radius 2 is 1.30 bits per heavy atom. The summed E-state index contributed by atoms with van der Waals surface area (Å²) < 4.78 is 6.00. The quantitative estimate of drug-likeness (QED) is 0.473. The Labute approximate surface area is 179 Å². The van der Waals surface area contributed by atoms with E-state index < -0.39 is 0 Å². The van der Waals surface area contributed by atoms with Gasteiger partial charge >= 0.3 is 0 Å². The SMILES string of the molecule is CC(C)c1cc(C(C)C)c(C(C)C)cc1-c1coc2c(C(C)C)c(O)ccc2c1=O. The number of benzene rings is 2. The molecule has 0 saturated carbocycles. The zero-order valence-corrected chi connectivity index (χ0v) is 19.5. The second-order valence-corrected chi connectivity index (χ2v) is 9.54. The van der Waals surface area contributed by atoms with E-state index >= 15 is 0 Å². The number of hydrogen-bond donors (Lipinski definition) is 1. The fourth-order valence-corrected chi connectivity index (χ4v) is 4.32. The third-order valence-electron chi connectivity index (χ3n) is 5.95. The van der Waals surface area contributed by atoms with Crippen molar-refractivity contribution in [1.29, 1.82) is 0 Å². The van der Waals surface area contributed by atoms with E-state index in [1.165, 1.54) is 11.1 Å². The van der Waals surface area contributed by atoms with E-state index in [-0.39, 0.29) is 23.0 Å². The fourth-order valence-electron chi connectivity index (χ4n) is 4.32. The lowest BCUT2D eigenvalue weighted by atomic mass is 9.82. The Kier molecular flexibility index (Phi) is 6.12. The van der Waals surface area contributed by atoms with Crippen molar-refractivity contribution < 1.29 is 9.52 Å². The van der Waals surface area contributed by atoms with Crippen LogP contribution in [0.3, 0.4) is 0 Å². The molecule has 30 heavy (non-hydrogen) atoms. The zero-order chi connectivity index (χ0) is 22.3. The lowest BCUT2D eigenvalue weighted by Crippen LogP contribution is -2.10. The van der Waals surface area contributed by atoms with E-state index in [2.05, 4.69) is 53.7 Å². The molecule has 0 aliphatic heterocycles. The Bertz CT molecular complexity index is 1130. The highest BCUT2D eigenvalue weighted by molar-refractivity contribution is 5.86. The Balaban J connectivity index is 2.37. The van der Waals surface area contributed by atoms with E-state index in [0.29, 0.717) is 33.9 Å². The van der Waals surface area contributed by atoms with Crippen molar-refractivity contribution in [3.05, 3.63) is 63.0 Å². The summed E-state index contributed by atoms with van der Waals surface area (Å²) in [4.78, 5) is 13.5. The molecule has 3 nitrogen and oxygen atoms in total. The van der Waals surface area contributed by atoms with Gasteiger partial charge in [-0.1, -0.05) is 67.5 Å². The molecule has 0 fully saturated rings. The topological polar surface area (TPSA) is 50.4 Å². The van der Waals surface area contributed by atoms with Gasteiger partial charge in [0, 0.05) is 5.56 Å². The minimum atomic E-state index is -0.0490. The third-order valence-corrected chi connectivity index (χ3v) is 5.95. The van der Waals surface area contributed by atoms with Crippen LogP contribution in [0.1, 0.15) is 101 Å². The summed E-state index contributed by atoms with van der Waals surface area (Å²) in [6, 6.07) is 7.74. The largest absolute Gasteiger partial charge is 0.508 e. The molecule has 1 aromatic heterocycles. The van der Waals surface area contributed by atoms with Crippen molar-refractivity contribution in [3.8, 4) is 16.9 Å². The van der Waals surface area contributed by atoms with Gasteiger partial charge in [0.05, 0.1) is 10.9 Å². The molecule has 0 spiro atoms. The molecular formula is C27H34O3. The highest BCUT2D eigenvalue weighted by Crippen LogP contribution is 2.38. The van der Waals surface area contributed by atoms with E-state index in [4.69, 9.17) is 4.42 Å². The minimum absolute atomic E-state index is 0.0480. The molecule has 0 amide bonds. The van der Waals surface area contributed by atoms with Gasteiger partial charge in [0.15, 0.2) is 0 Å². The maximum atomic E-state index is 13.5. The van der Waals surface area contributed by atoms with Crippen LogP contribution in [0, 0.1) is 0 Å². The van der Waals surface area contributed by atoms with Crippen molar-refractivity contribution >= 4 is 11.0 Å². The van der Waals surface area contributed by atoms with Crippen molar-refractivity contribution in [2.45, 2.75) is 79.1 Å². The summed E-state index contributed by atoms with van der Waals surface area (Å²) in [7, 11) is 0. The number of hydrogen-bond acceptors (Lipinski definition) is 3. The van der Waals surface area contributed by atoms with Gasteiger partial charge < -0.3 is 9.52 Å². The Morgan fingerprint density at radius 3 is 1.83 bits per heavy atom. The van der Waals surface area contributed by atoms with Crippen molar-refractivity contribution in [2.75, 3.05) is 0 Å². The fraction of sp³-hybridized carbons (Fsp3) is 0.444. The van der Waals surface area contributed by atoms with E-state index in [0.717, 1.165) is 11.1 Å². The molecule has 3 aromatic rings. The van der Waals surface area contributed by atoms with Crippen LogP contribution >= 0.6 is 0 Å². The van der Waals surface area contributed by atoms with Crippen LogP contribution in [0.25, 0.3) is 22.1 Å². The maximum absolute atomic E-state index is 13.5. The smallest absolute Gasteiger partial charge is 0.200 e. The first-order valence-electron chi connectivity index (χ1n) is 11.0. The molecule has 160 valence electrons. The third kappa shape index (κ3) is 3.78. The molecule has 2 aromatic carbocycles. The lowest BCUT2D eigenvalue weighted by molar-refractivity contribution is 0.462. The summed E-state index contributed by atoms with van der Waals surface area (Å²) in [5.41, 5.74) is 6.43. The van der Waals surface area contributed by atoms with Gasteiger partial charge in [-0.2, -0.15) is 0 Å². The summed E-state index contributed by atoms with van der Waals surface area (Å²) in [6.07, 6.45) is 1.58. The predicted octanol–water partition coefficient (Wildman–Crippen LogP) is 7.66. The molecule has 0 radical (unpaired) electrons. The second-order valence-electron chi connectivity index (χ2n) is 9.54. The van der Waals surface area contributed by atoms with Crippen LogP contribution in [-0.4, -0.2) is 5.11 Å². The van der Waals surface area contributed by atoms with Gasteiger partial charge in [-0.05, 0) is 58.1 Å². The van der Waals surface area contributed by atoms with Gasteiger partial charge in [0.25, 0.3) is 0 Å². The molecule has 1 N–H and O–H groups in total. The second kappa shape index (κ2) is 8.29. The normalized spacial score (nSPS) is 12.1. The first-order chi connectivity index (χ1) is 14.0. The number of phenols is 1. The highest BCUT2D eigenvalue weighted by Gasteiger charge is 2.22. The number of phenolic OH excluding ortho intramolecular Hbond substituents is 1. The number of fused-ring (bicyclic) bond motifs is 1. The van der Waals surface area contributed by atoms with Crippen molar-refractivity contribution in [1.82, 2.24) is 0 Å². The lowest BCUT2D eigenvalue weighted by Gasteiger charge is -2.22. The van der Waals surface area contributed by atoms with Crippen LogP contribution in [0.5, 0.6) is 5.75 Å². The summed E-state index contributed by atoms with van der Waals surface area (Å²) in [5.74, 6) is 1.27. The highest BCUT2D eigenvalue weighted by atomic mass is 16.3. The van der Waals surface area contributed by atoms with E-state index in [1.54, 1.807) is 18.4 Å². The van der Waals surface area contributed by atoms with Crippen LogP contribution in [-0.2, 0) is 0 Å². The van der Waals surface area contributed by atoms with Crippen molar-refractivity contribution in [2.24, 2.45) is 0 Å². The number of aromatic hydroxyl groups is 1. The Hall–Kier alpha value is -2.55. The summed E-state index contributed by atoms with van der Waals surface area (Å²) >= 11 is 0. The standard InChI is InChI=1S/C27H34O3/c1-14(2)19-11-21(16(5)6)22(12-20(19)15(3)4)23-13-30-27-18(26(23)29)9-10-24(28)25(27)17(7)8/h9-17,28H,1-8H3. The molecule has 1 heterocycles. The van der Waals surface area contributed by atoms with Gasteiger partial charge in [-0.15, -0.1) is 0 Å². The predicted molar refractivity (Wildman–Crippen MR) is 126 cm³/mol. The molecule has 0 unspecified atom stereocenters. The van der Waals surface area contributed by atoms with Gasteiger partial charge in [-0.3, -0.25) is 4.79 Å². The van der Waals surface area contributed by atoms with Crippen LogP contribution in [0.4, 0.5) is 0 Å². The van der Waals surface area contributed by atoms with Crippen LogP contribution in [0.15, 0.2) is 39.7 Å². The first kappa shape index (κ1) is 22.1. The average molecular weight is 407 g/mol. The summed E-state index contributed by atoms with van der Waals surface area (Å²) in [5, 5.41) is 10.8. The minimum Gasteiger partial charge on any atom is -0.508 e. The molecular weight excluding hydrogens is 372 g/mol. The zero-order valence-electron chi connectivity index (χ0n) is 19.5. The van der Waals surface area contributed by atoms with E-state index in [9.17, 15) is 9.90 Å². The molecule has 3 heteroatoms. The average Bonchev–Trinajstić information content (AvgIpc) is 2.66. The molecule has 0 aliphatic carbocycles. The van der Waals surface area contributed by atoms with Crippen LogP contribution in [0.2, 0.25) is 0 Å². The van der Waals surface area contributed by atoms with Crippen LogP contribution < -0.4 is 5.43 Å². The molecule has 0 bridgehead atoms.